The molecule has 2 rings (SSSR count). The summed E-state index contributed by atoms with van der Waals surface area (Å²) in [6.07, 6.45) is 0.0882. The number of rotatable bonds is 7. The molecular formula is C17H19NO3. The Kier molecular flexibility index (Phi) is 5.21. The van der Waals surface area contributed by atoms with Crippen LogP contribution in [-0.4, -0.2) is 24.7 Å². The van der Waals surface area contributed by atoms with Crippen molar-refractivity contribution >= 4 is 11.7 Å². The van der Waals surface area contributed by atoms with Crippen LogP contribution in [0.2, 0.25) is 0 Å². The molecule has 0 radical (unpaired) electrons. The molecule has 0 saturated carbocycles. The van der Waals surface area contributed by atoms with E-state index in [1.807, 2.05) is 59.5 Å². The van der Waals surface area contributed by atoms with Crippen LogP contribution in [0.15, 0.2) is 54.6 Å². The quantitative estimate of drug-likeness (QED) is 0.849. The van der Waals surface area contributed by atoms with Gasteiger partial charge in [0.1, 0.15) is 5.75 Å². The lowest BCUT2D eigenvalue weighted by Gasteiger charge is -2.26. The fraction of sp³-hybridized carbons (Fsp3) is 0.235. The van der Waals surface area contributed by atoms with Gasteiger partial charge in [-0.3, -0.25) is 4.79 Å². The van der Waals surface area contributed by atoms with Crippen LogP contribution >= 0.6 is 0 Å². The van der Waals surface area contributed by atoms with Crippen molar-refractivity contribution in [1.82, 2.24) is 0 Å². The molecule has 2 aromatic rings. The standard InChI is InChI=1S/C17H19NO3/c1-21-16-10-6-5-9-15(16)18(12-11-17(19)20)13-14-7-3-2-4-8-14/h2-10H,11-13H2,1H3,(H,19,20). The summed E-state index contributed by atoms with van der Waals surface area (Å²) in [5, 5.41) is 8.94. The minimum Gasteiger partial charge on any atom is -0.495 e. The molecule has 0 atom stereocenters. The van der Waals surface area contributed by atoms with Gasteiger partial charge in [-0.15, -0.1) is 0 Å². The van der Waals surface area contributed by atoms with Crippen molar-refractivity contribution in [2.75, 3.05) is 18.6 Å². The van der Waals surface area contributed by atoms with Gasteiger partial charge in [0.2, 0.25) is 0 Å². The van der Waals surface area contributed by atoms with Gasteiger partial charge in [0.25, 0.3) is 0 Å². The van der Waals surface area contributed by atoms with Crippen LogP contribution in [-0.2, 0) is 11.3 Å². The number of nitrogens with zero attached hydrogens (tertiary/aromatic N) is 1. The van der Waals surface area contributed by atoms with E-state index in [9.17, 15) is 4.79 Å². The number of methoxy groups -OCH3 is 1. The number of hydrogen-bond acceptors (Lipinski definition) is 3. The molecule has 0 aliphatic rings. The minimum atomic E-state index is -0.803. The highest BCUT2D eigenvalue weighted by Crippen LogP contribution is 2.29. The van der Waals surface area contributed by atoms with E-state index < -0.39 is 5.97 Å². The first-order valence-corrected chi connectivity index (χ1v) is 6.84. The van der Waals surface area contributed by atoms with Gasteiger partial charge in [-0.05, 0) is 17.7 Å². The van der Waals surface area contributed by atoms with Crippen LogP contribution in [0.5, 0.6) is 5.75 Å². The average Bonchev–Trinajstić information content (AvgIpc) is 2.52. The molecule has 0 bridgehead atoms. The predicted octanol–water partition coefficient (Wildman–Crippen LogP) is 3.18. The van der Waals surface area contributed by atoms with E-state index in [4.69, 9.17) is 9.84 Å². The van der Waals surface area contributed by atoms with Gasteiger partial charge in [0.05, 0.1) is 19.2 Å². The van der Waals surface area contributed by atoms with Crippen molar-refractivity contribution in [3.63, 3.8) is 0 Å². The fourth-order valence-corrected chi connectivity index (χ4v) is 2.21. The highest BCUT2D eigenvalue weighted by Gasteiger charge is 2.13. The molecule has 0 unspecified atom stereocenters. The molecule has 0 aliphatic carbocycles. The van der Waals surface area contributed by atoms with Crippen LogP contribution in [0, 0.1) is 0 Å². The van der Waals surface area contributed by atoms with Crippen molar-refractivity contribution in [3.05, 3.63) is 60.2 Å². The lowest BCUT2D eigenvalue weighted by Crippen LogP contribution is -2.26. The Bertz CT molecular complexity index is 584. The second-order valence-corrected chi connectivity index (χ2v) is 4.72. The molecule has 0 heterocycles. The van der Waals surface area contributed by atoms with E-state index in [1.165, 1.54) is 0 Å². The number of carboxylic acid groups (broad SMARTS) is 1. The first-order valence-electron chi connectivity index (χ1n) is 6.84. The Labute approximate surface area is 124 Å². The molecule has 0 aromatic heterocycles. The highest BCUT2D eigenvalue weighted by atomic mass is 16.5. The lowest BCUT2D eigenvalue weighted by molar-refractivity contribution is -0.136. The summed E-state index contributed by atoms with van der Waals surface area (Å²) in [6, 6.07) is 17.6. The third-order valence-electron chi connectivity index (χ3n) is 3.24. The maximum atomic E-state index is 10.9. The van der Waals surface area contributed by atoms with E-state index >= 15 is 0 Å². The van der Waals surface area contributed by atoms with Crippen LogP contribution in [0.25, 0.3) is 0 Å². The largest absolute Gasteiger partial charge is 0.495 e. The van der Waals surface area contributed by atoms with E-state index in [2.05, 4.69) is 0 Å². The SMILES string of the molecule is COc1ccccc1N(CCC(=O)O)Cc1ccccc1. The molecule has 0 saturated heterocycles. The van der Waals surface area contributed by atoms with Crippen molar-refractivity contribution in [1.29, 1.82) is 0 Å². The van der Waals surface area contributed by atoms with Gasteiger partial charge in [0.15, 0.2) is 0 Å². The third-order valence-corrected chi connectivity index (χ3v) is 3.24. The highest BCUT2D eigenvalue weighted by molar-refractivity contribution is 5.68. The van der Waals surface area contributed by atoms with Crippen LogP contribution in [0.4, 0.5) is 5.69 Å². The molecule has 1 N–H and O–H groups in total. The molecule has 110 valence electrons. The zero-order valence-electron chi connectivity index (χ0n) is 12.0. The molecule has 0 amide bonds. The molecule has 21 heavy (non-hydrogen) atoms. The van der Waals surface area contributed by atoms with Gasteiger partial charge >= 0.3 is 5.97 Å². The summed E-state index contributed by atoms with van der Waals surface area (Å²) in [5.41, 5.74) is 2.04. The van der Waals surface area contributed by atoms with Crippen LogP contribution in [0.3, 0.4) is 0 Å². The van der Waals surface area contributed by atoms with Crippen molar-refractivity contribution in [2.24, 2.45) is 0 Å². The smallest absolute Gasteiger partial charge is 0.305 e. The topological polar surface area (TPSA) is 49.8 Å². The zero-order chi connectivity index (χ0) is 15.1. The molecule has 2 aromatic carbocycles. The number of aliphatic carboxylic acids is 1. The van der Waals surface area contributed by atoms with Crippen LogP contribution < -0.4 is 9.64 Å². The molecule has 0 spiro atoms. The Morgan fingerprint density at radius 2 is 1.76 bits per heavy atom. The average molecular weight is 285 g/mol. The first kappa shape index (κ1) is 14.9. The Morgan fingerprint density at radius 1 is 1.10 bits per heavy atom. The van der Waals surface area contributed by atoms with Gasteiger partial charge in [-0.1, -0.05) is 42.5 Å². The summed E-state index contributed by atoms with van der Waals surface area (Å²) in [4.78, 5) is 12.9. The zero-order valence-corrected chi connectivity index (χ0v) is 12.0. The van der Waals surface area contributed by atoms with Gasteiger partial charge < -0.3 is 14.7 Å². The first-order chi connectivity index (χ1) is 10.2. The van der Waals surface area contributed by atoms with Crippen molar-refractivity contribution in [2.45, 2.75) is 13.0 Å². The van der Waals surface area contributed by atoms with Crippen LogP contribution in [0.1, 0.15) is 12.0 Å². The second kappa shape index (κ2) is 7.33. The number of ether oxygens (including phenoxy) is 1. The van der Waals surface area contributed by atoms with Gasteiger partial charge in [0, 0.05) is 13.1 Å². The second-order valence-electron chi connectivity index (χ2n) is 4.72. The number of benzene rings is 2. The van der Waals surface area contributed by atoms with Gasteiger partial charge in [-0.2, -0.15) is 0 Å². The summed E-state index contributed by atoms with van der Waals surface area (Å²) < 4.78 is 5.38. The molecule has 4 heteroatoms. The monoisotopic (exact) mass is 285 g/mol. The predicted molar refractivity (Wildman–Crippen MR) is 82.7 cm³/mol. The van der Waals surface area contributed by atoms with E-state index in [0.717, 1.165) is 17.0 Å². The number of hydrogen-bond donors (Lipinski definition) is 1. The molecular weight excluding hydrogens is 266 g/mol. The number of anilines is 1. The third kappa shape index (κ3) is 4.24. The molecule has 0 fully saturated rings. The summed E-state index contributed by atoms with van der Waals surface area (Å²) >= 11 is 0. The Hall–Kier alpha value is -2.49. The lowest BCUT2D eigenvalue weighted by atomic mass is 10.1. The van der Waals surface area contributed by atoms with Gasteiger partial charge in [-0.25, -0.2) is 0 Å². The number of carboxylic acids is 1. The normalized spacial score (nSPS) is 10.1. The molecule has 0 aliphatic heterocycles. The molecule has 4 nitrogen and oxygen atoms in total. The number of carbonyl (C=O) groups is 1. The maximum absolute atomic E-state index is 10.9. The summed E-state index contributed by atoms with van der Waals surface area (Å²) in [6.45, 7) is 1.08. The summed E-state index contributed by atoms with van der Waals surface area (Å²) in [5.74, 6) is -0.0539. The number of para-hydroxylation sites is 2. The van der Waals surface area contributed by atoms with E-state index in [1.54, 1.807) is 7.11 Å². The van der Waals surface area contributed by atoms with Crippen molar-refractivity contribution in [3.8, 4) is 5.75 Å². The maximum Gasteiger partial charge on any atom is 0.305 e. The Balaban J connectivity index is 2.24. The van der Waals surface area contributed by atoms with E-state index in [-0.39, 0.29) is 6.42 Å². The van der Waals surface area contributed by atoms with Crippen molar-refractivity contribution < 1.29 is 14.6 Å². The Morgan fingerprint density at radius 3 is 2.43 bits per heavy atom. The van der Waals surface area contributed by atoms with E-state index in [0.29, 0.717) is 13.1 Å². The summed E-state index contributed by atoms with van der Waals surface area (Å²) in [7, 11) is 1.62. The minimum absolute atomic E-state index is 0.0882. The fourth-order valence-electron chi connectivity index (χ4n) is 2.21.